The zero-order chi connectivity index (χ0) is 46.2. The number of nitrogens with zero attached hydrogens (tertiary/aromatic N) is 1. The number of aryl methyl sites for hydroxylation is 1. The number of anilines is 1. The van der Waals surface area contributed by atoms with E-state index in [2.05, 4.69) is 16.4 Å². The van der Waals surface area contributed by atoms with E-state index in [1.54, 1.807) is 37.4 Å². The van der Waals surface area contributed by atoms with Gasteiger partial charge < -0.3 is 50.4 Å². The van der Waals surface area contributed by atoms with Crippen LogP contribution in [0.5, 0.6) is 11.5 Å². The molecule has 8 aliphatic carbocycles. The van der Waals surface area contributed by atoms with Crippen LogP contribution in [0.25, 0.3) is 16.3 Å². The maximum absolute atomic E-state index is 15.1. The summed E-state index contributed by atoms with van der Waals surface area (Å²) in [5.74, 6) is -4.16. The van der Waals surface area contributed by atoms with Gasteiger partial charge in [-0.3, -0.25) is 9.59 Å². The van der Waals surface area contributed by atoms with Crippen molar-refractivity contribution in [1.82, 2.24) is 9.97 Å². The highest BCUT2D eigenvalue weighted by Crippen LogP contribution is 2.81. The highest BCUT2D eigenvalue weighted by atomic mass is 16.7. The number of ether oxygens (including phenoxy) is 2. The Morgan fingerprint density at radius 1 is 0.824 bits per heavy atom. The van der Waals surface area contributed by atoms with E-state index >= 15 is 9.59 Å². The number of benzene rings is 2. The lowest BCUT2D eigenvalue weighted by Gasteiger charge is -2.68. The predicted molar refractivity (Wildman–Crippen MR) is 247 cm³/mol. The number of hydrogen-bond acceptors (Lipinski definition) is 12. The number of aromatic amines is 1. The van der Waals surface area contributed by atoms with Crippen LogP contribution < -0.4 is 10.1 Å². The number of phenols is 1. The van der Waals surface area contributed by atoms with Gasteiger partial charge in [-0.2, -0.15) is 0 Å². The van der Waals surface area contributed by atoms with Crippen molar-refractivity contribution in [1.29, 1.82) is 0 Å². The first kappa shape index (κ1) is 40.9. The van der Waals surface area contributed by atoms with E-state index in [0.29, 0.717) is 46.1 Å². The van der Waals surface area contributed by atoms with Crippen molar-refractivity contribution in [2.45, 2.75) is 145 Å². The highest BCUT2D eigenvalue weighted by molar-refractivity contribution is 6.34. The number of aromatic hydroxyl groups is 1. The normalized spacial score (nSPS) is 40.4. The summed E-state index contributed by atoms with van der Waals surface area (Å²) in [6.07, 6.45) is 10.3. The van der Waals surface area contributed by atoms with Gasteiger partial charge in [0.15, 0.2) is 17.5 Å². The van der Waals surface area contributed by atoms with E-state index < -0.39 is 64.3 Å². The molecule has 5 saturated carbocycles. The van der Waals surface area contributed by atoms with E-state index in [1.165, 1.54) is 6.07 Å². The average molecular weight is 920 g/mol. The Hall–Kier alpha value is -4.89. The van der Waals surface area contributed by atoms with Gasteiger partial charge in [0.05, 0.1) is 23.3 Å². The standard InChI is InChI=1S/C55H57N3O10/c1-25-18-29-37(33(59)19-25)44(62)39-34-20-28-26(38(39)43(29)61)8-17-57-48(28)58-23-36(60)54-32-22-51(12-4-5-13-51)35(54)7-6-31-41(54)40-30(42-27(32)9-16-56-42)21-53(67-34)46(64)45(63)47(65)55(40,68-53)49(66)52(31)15-14-50(24-52)10-2-3-11-50/h8-9,16-21,31-32,35-36,45-47,49,56,59-60,63-66H,2-7,10-15,22-24H2,1H3,(H,57,58)/t31-,32-,35+,36+,45+,46+,47-,49-,52+,53+,54-,55-/m0/s1. The van der Waals surface area contributed by atoms with Crippen molar-refractivity contribution >= 4 is 33.7 Å². The van der Waals surface area contributed by atoms with Gasteiger partial charge in [-0.25, -0.2) is 4.98 Å². The summed E-state index contributed by atoms with van der Waals surface area (Å²) in [7, 11) is 0. The predicted octanol–water partition coefficient (Wildman–Crippen LogP) is 6.64. The first-order valence-corrected chi connectivity index (χ1v) is 25.3. The number of hydrogen-bond donors (Lipinski definition) is 8. The molecule has 1 saturated heterocycles. The van der Waals surface area contributed by atoms with E-state index in [1.807, 2.05) is 6.20 Å². The van der Waals surface area contributed by atoms with Gasteiger partial charge in [0.1, 0.15) is 29.5 Å². The number of nitrogens with one attached hydrogen (secondary N) is 2. The number of aliphatic hydroxyl groups is 5. The van der Waals surface area contributed by atoms with Crippen LogP contribution >= 0.6 is 0 Å². The third-order valence-electron chi connectivity index (χ3n) is 20.8. The molecule has 4 aromatic rings. The molecule has 6 heterocycles. The zero-order valence-electron chi connectivity index (χ0n) is 38.1. The van der Waals surface area contributed by atoms with Crippen molar-refractivity contribution in [3.8, 4) is 11.5 Å². The van der Waals surface area contributed by atoms with E-state index in [0.717, 1.165) is 93.9 Å². The Morgan fingerprint density at radius 3 is 2.43 bits per heavy atom. The number of ketones is 2. The summed E-state index contributed by atoms with van der Waals surface area (Å²) in [5.41, 5.74) is 0.164. The first-order chi connectivity index (χ1) is 32.7. The lowest BCUT2D eigenvalue weighted by atomic mass is 9.42. The van der Waals surface area contributed by atoms with Crippen molar-refractivity contribution in [3.05, 3.63) is 99.0 Å². The van der Waals surface area contributed by atoms with Crippen LogP contribution in [0.3, 0.4) is 0 Å². The zero-order valence-corrected chi connectivity index (χ0v) is 38.1. The molecule has 13 heteroatoms. The summed E-state index contributed by atoms with van der Waals surface area (Å²) >= 11 is 0. The smallest absolute Gasteiger partial charge is 0.261 e. The third kappa shape index (κ3) is 4.44. The molecule has 2 aromatic heterocycles. The average Bonchev–Trinajstić information content (AvgIpc) is 4.19. The van der Waals surface area contributed by atoms with Crippen molar-refractivity contribution < 1.29 is 49.7 Å². The fraction of sp³-hybridized carbons (Fsp3) is 0.545. The highest BCUT2D eigenvalue weighted by Gasteiger charge is 2.81. The van der Waals surface area contributed by atoms with Gasteiger partial charge in [-0.1, -0.05) is 25.7 Å². The number of aliphatic hydroxyl groups excluding tert-OH is 5. The summed E-state index contributed by atoms with van der Waals surface area (Å²) in [6, 6.07) is 8.38. The number of aromatic nitrogens is 2. The Kier molecular flexibility index (Phi) is 7.77. The lowest BCUT2D eigenvalue weighted by Crippen LogP contribution is -2.80. The molecule has 0 radical (unpaired) electrons. The van der Waals surface area contributed by atoms with Gasteiger partial charge in [0, 0.05) is 57.5 Å². The molecule has 13 nitrogen and oxygen atoms in total. The minimum atomic E-state index is -2.38. The Labute approximate surface area is 392 Å². The van der Waals surface area contributed by atoms with Crippen molar-refractivity contribution in [3.63, 3.8) is 0 Å². The van der Waals surface area contributed by atoms with Crippen LogP contribution in [0.2, 0.25) is 0 Å². The van der Waals surface area contributed by atoms with Crippen molar-refractivity contribution in [2.75, 3.05) is 11.9 Å². The van der Waals surface area contributed by atoms with E-state index in [-0.39, 0.29) is 68.9 Å². The molecule has 0 amide bonds. The number of phenolic OH excluding ortho intramolecular Hbond substituents is 1. The Bertz CT molecular complexity index is 3070. The van der Waals surface area contributed by atoms with Gasteiger partial charge in [0.25, 0.3) is 5.79 Å². The Morgan fingerprint density at radius 2 is 1.62 bits per heavy atom. The maximum Gasteiger partial charge on any atom is 0.261 e. The molecule has 8 N–H and O–H groups in total. The molecular formula is C55H57N3O10. The van der Waals surface area contributed by atoms with Gasteiger partial charge in [-0.05, 0) is 164 Å². The lowest BCUT2D eigenvalue weighted by molar-refractivity contribution is -0.369. The van der Waals surface area contributed by atoms with Crippen LogP contribution in [-0.2, 0) is 4.74 Å². The number of carbonyl (C=O) groups is 2. The molecule has 6 spiro atoms. The van der Waals surface area contributed by atoms with Gasteiger partial charge >= 0.3 is 0 Å². The van der Waals surface area contributed by atoms with Crippen molar-refractivity contribution in [2.24, 2.45) is 33.5 Å². The first-order valence-electron chi connectivity index (χ1n) is 25.3. The Balaban J connectivity index is 1.09. The van der Waals surface area contributed by atoms with Gasteiger partial charge in [0.2, 0.25) is 5.78 Å². The third-order valence-corrected chi connectivity index (χ3v) is 20.8. The number of rotatable bonds is 0. The summed E-state index contributed by atoms with van der Waals surface area (Å²) in [4.78, 5) is 38.6. The quantitative estimate of drug-likeness (QED) is 0.0822. The second-order valence-electron chi connectivity index (χ2n) is 23.4. The molecular weight excluding hydrogens is 863 g/mol. The number of fused-ring (bicyclic) bond motifs is 9. The summed E-state index contributed by atoms with van der Waals surface area (Å²) in [5, 5.41) is 82.3. The molecule has 6 fully saturated rings. The summed E-state index contributed by atoms with van der Waals surface area (Å²) < 4.78 is 14.7. The number of H-pyrrole nitrogens is 1. The molecule has 352 valence electrons. The van der Waals surface area contributed by atoms with Crippen LogP contribution in [0.4, 0.5) is 5.82 Å². The fourth-order valence-electron chi connectivity index (χ4n) is 18.6. The molecule has 16 rings (SSSR count). The summed E-state index contributed by atoms with van der Waals surface area (Å²) in [6.45, 7) is 1.80. The molecule has 68 heavy (non-hydrogen) atoms. The number of pyridine rings is 1. The minimum absolute atomic E-state index is 0.00576. The monoisotopic (exact) mass is 919 g/mol. The number of carbonyl (C=O) groups excluding carboxylic acids is 2. The van der Waals surface area contributed by atoms with Crippen LogP contribution in [-0.4, -0.2) is 101 Å². The molecule has 0 unspecified atom stereocenters. The topological polar surface area (TPSA) is 215 Å². The van der Waals surface area contributed by atoms with E-state index in [9.17, 15) is 30.6 Å². The minimum Gasteiger partial charge on any atom is -0.507 e. The largest absolute Gasteiger partial charge is 0.507 e. The fourth-order valence-corrected chi connectivity index (χ4v) is 18.6. The second kappa shape index (κ2) is 12.9. The molecule has 2 aromatic carbocycles. The van der Waals surface area contributed by atoms with Gasteiger partial charge in [-0.15, -0.1) is 0 Å². The molecule has 4 aliphatic heterocycles. The van der Waals surface area contributed by atoms with E-state index in [4.69, 9.17) is 14.5 Å². The molecule has 8 bridgehead atoms. The van der Waals surface area contributed by atoms with Crippen LogP contribution in [0.15, 0.2) is 59.9 Å². The SMILES string of the molecule is Cc1cc(O)c2c(c1)C(=O)c1c(c3cc4c(nccc14)NC[C@@H](O)[C@@]14C5=C6C7=C[C@@]8(O3)O[C@@]6([C@@H](O)[C@H](O)[C@H]8O)[C@@H](O)[C@@]3(CCC6(CCCC6)C3)[C@H]5CC[C@@H]1C1(CCCC1)C[C@H]4c1cc[nH]c17)C2=O. The van der Waals surface area contributed by atoms with Crippen LogP contribution in [0, 0.1) is 40.4 Å². The van der Waals surface area contributed by atoms with Crippen LogP contribution in [0.1, 0.15) is 144 Å². The second-order valence-corrected chi connectivity index (χ2v) is 23.4. The molecule has 12 atom stereocenters. The maximum atomic E-state index is 15.1. The molecule has 12 aliphatic rings.